The first kappa shape index (κ1) is 18.0. The van der Waals surface area contributed by atoms with Gasteiger partial charge in [-0.1, -0.05) is 19.3 Å². The van der Waals surface area contributed by atoms with Gasteiger partial charge in [-0.25, -0.2) is 0 Å². The molecule has 23 heavy (non-hydrogen) atoms. The number of hydrogen-bond acceptors (Lipinski definition) is 3. The Bertz CT molecular complexity index is 407. The van der Waals surface area contributed by atoms with Crippen LogP contribution in [0.2, 0.25) is 0 Å². The number of rotatable bonds is 5. The molecule has 0 aromatic rings. The standard InChI is InChI=1S/C17H32N4O2/c1-3-18-17(20-14-9-10-16(23)21(2)12-14)19-11-15(22)13-7-5-4-6-8-13/h13-15,22H,3-12H2,1-2H3,(H2,18,19,20). The van der Waals surface area contributed by atoms with Crippen molar-refractivity contribution in [1.82, 2.24) is 15.5 Å². The van der Waals surface area contributed by atoms with E-state index in [-0.39, 0.29) is 18.1 Å². The summed E-state index contributed by atoms with van der Waals surface area (Å²) in [7, 11) is 1.84. The van der Waals surface area contributed by atoms with Crippen LogP contribution in [0.1, 0.15) is 51.9 Å². The van der Waals surface area contributed by atoms with Gasteiger partial charge in [0.05, 0.1) is 12.6 Å². The summed E-state index contributed by atoms with van der Waals surface area (Å²) < 4.78 is 0. The molecule has 2 fully saturated rings. The number of carbonyl (C=O) groups excluding carboxylic acids is 1. The van der Waals surface area contributed by atoms with Crippen molar-refractivity contribution in [2.24, 2.45) is 10.9 Å². The van der Waals surface area contributed by atoms with Gasteiger partial charge in [0.1, 0.15) is 0 Å². The zero-order chi connectivity index (χ0) is 16.7. The Balaban J connectivity index is 1.85. The molecule has 0 radical (unpaired) electrons. The third-order valence-corrected chi connectivity index (χ3v) is 4.94. The monoisotopic (exact) mass is 324 g/mol. The zero-order valence-corrected chi connectivity index (χ0v) is 14.6. The van der Waals surface area contributed by atoms with Crippen molar-refractivity contribution >= 4 is 11.9 Å². The smallest absolute Gasteiger partial charge is 0.222 e. The molecule has 2 atom stereocenters. The lowest BCUT2D eigenvalue weighted by Crippen LogP contribution is -2.51. The summed E-state index contributed by atoms with van der Waals surface area (Å²) in [5.41, 5.74) is 0. The first-order valence-electron chi connectivity index (χ1n) is 9.07. The number of aliphatic hydroxyl groups is 1. The minimum absolute atomic E-state index is 0.206. The Morgan fingerprint density at radius 3 is 2.74 bits per heavy atom. The van der Waals surface area contributed by atoms with Crippen LogP contribution in [0.4, 0.5) is 0 Å². The van der Waals surface area contributed by atoms with Gasteiger partial charge in [0.25, 0.3) is 0 Å². The topological polar surface area (TPSA) is 77.0 Å². The normalized spacial score (nSPS) is 25.3. The van der Waals surface area contributed by atoms with E-state index in [1.165, 1.54) is 19.3 Å². The van der Waals surface area contributed by atoms with Crippen molar-refractivity contribution in [3.63, 3.8) is 0 Å². The van der Waals surface area contributed by atoms with E-state index < -0.39 is 0 Å². The average molecular weight is 324 g/mol. The second-order valence-electron chi connectivity index (χ2n) is 6.84. The summed E-state index contributed by atoms with van der Waals surface area (Å²) >= 11 is 0. The third-order valence-electron chi connectivity index (χ3n) is 4.94. The van der Waals surface area contributed by atoms with E-state index >= 15 is 0 Å². The van der Waals surface area contributed by atoms with E-state index in [1.807, 2.05) is 14.0 Å². The van der Waals surface area contributed by atoms with Crippen molar-refractivity contribution in [1.29, 1.82) is 0 Å². The molecule has 0 aromatic heterocycles. The SMILES string of the molecule is CCNC(=NCC(O)C1CCCCC1)NC1CCC(=O)N(C)C1. The van der Waals surface area contributed by atoms with Crippen molar-refractivity contribution in [2.75, 3.05) is 26.7 Å². The predicted octanol–water partition coefficient (Wildman–Crippen LogP) is 1.10. The van der Waals surface area contributed by atoms with E-state index in [4.69, 9.17) is 0 Å². The van der Waals surface area contributed by atoms with Gasteiger partial charge in [-0.2, -0.15) is 0 Å². The van der Waals surface area contributed by atoms with Gasteiger partial charge in [-0.15, -0.1) is 0 Å². The summed E-state index contributed by atoms with van der Waals surface area (Å²) in [6.45, 7) is 3.97. The van der Waals surface area contributed by atoms with Gasteiger partial charge in [0.15, 0.2) is 5.96 Å². The minimum Gasteiger partial charge on any atom is -0.391 e. The maximum absolute atomic E-state index is 11.6. The van der Waals surface area contributed by atoms with Crippen LogP contribution in [-0.2, 0) is 4.79 Å². The number of aliphatic imine (C=N–C) groups is 1. The number of nitrogens with one attached hydrogen (secondary N) is 2. The quantitative estimate of drug-likeness (QED) is 0.523. The van der Waals surface area contributed by atoms with Crippen LogP contribution >= 0.6 is 0 Å². The lowest BCUT2D eigenvalue weighted by Gasteiger charge is -2.31. The Kier molecular flexibility index (Phi) is 7.15. The number of carbonyl (C=O) groups is 1. The Hall–Kier alpha value is -1.30. The maximum Gasteiger partial charge on any atom is 0.222 e. The first-order valence-corrected chi connectivity index (χ1v) is 9.07. The van der Waals surface area contributed by atoms with E-state index in [2.05, 4.69) is 15.6 Å². The highest BCUT2D eigenvalue weighted by molar-refractivity contribution is 5.81. The van der Waals surface area contributed by atoms with Crippen LogP contribution in [0, 0.1) is 5.92 Å². The highest BCUT2D eigenvalue weighted by atomic mass is 16.3. The van der Waals surface area contributed by atoms with Crippen LogP contribution in [0.5, 0.6) is 0 Å². The second-order valence-corrected chi connectivity index (χ2v) is 6.84. The molecule has 6 heteroatoms. The molecule has 2 aliphatic rings. The highest BCUT2D eigenvalue weighted by Crippen LogP contribution is 2.26. The van der Waals surface area contributed by atoms with E-state index in [0.717, 1.165) is 31.8 Å². The van der Waals surface area contributed by atoms with Gasteiger partial charge in [0.2, 0.25) is 5.91 Å². The number of likely N-dealkylation sites (tertiary alicyclic amines) is 1. The van der Waals surface area contributed by atoms with Gasteiger partial charge in [0, 0.05) is 32.6 Å². The molecule has 1 amide bonds. The van der Waals surface area contributed by atoms with Crippen LogP contribution in [0.15, 0.2) is 4.99 Å². The number of nitrogens with zero attached hydrogens (tertiary/aromatic N) is 2. The molecule has 2 rings (SSSR count). The third kappa shape index (κ3) is 5.68. The summed E-state index contributed by atoms with van der Waals surface area (Å²) in [5, 5.41) is 17.0. The first-order chi connectivity index (χ1) is 11.1. The molecule has 1 heterocycles. The number of hydrogen-bond donors (Lipinski definition) is 3. The Labute approximate surface area is 139 Å². The zero-order valence-electron chi connectivity index (χ0n) is 14.6. The van der Waals surface area contributed by atoms with Crippen LogP contribution in [0.25, 0.3) is 0 Å². The van der Waals surface area contributed by atoms with Crippen LogP contribution < -0.4 is 10.6 Å². The van der Waals surface area contributed by atoms with Crippen molar-refractivity contribution in [3.05, 3.63) is 0 Å². The molecule has 1 aliphatic heterocycles. The fourth-order valence-electron chi connectivity index (χ4n) is 3.50. The molecule has 1 aliphatic carbocycles. The van der Waals surface area contributed by atoms with Crippen molar-refractivity contribution < 1.29 is 9.90 Å². The Morgan fingerprint density at radius 2 is 2.09 bits per heavy atom. The van der Waals surface area contributed by atoms with Crippen LogP contribution in [0.3, 0.4) is 0 Å². The molecular formula is C17H32N4O2. The average Bonchev–Trinajstić information content (AvgIpc) is 2.56. The maximum atomic E-state index is 11.6. The molecule has 1 saturated heterocycles. The molecule has 0 spiro atoms. The summed E-state index contributed by atoms with van der Waals surface area (Å²) in [5.74, 6) is 1.35. The number of piperidine rings is 1. The number of guanidine groups is 1. The molecule has 6 nitrogen and oxygen atoms in total. The molecule has 1 saturated carbocycles. The number of aliphatic hydroxyl groups excluding tert-OH is 1. The van der Waals surface area contributed by atoms with Gasteiger partial charge in [-0.3, -0.25) is 9.79 Å². The molecule has 2 unspecified atom stereocenters. The van der Waals surface area contributed by atoms with Gasteiger partial charge < -0.3 is 20.6 Å². The molecule has 0 bridgehead atoms. The van der Waals surface area contributed by atoms with E-state index in [0.29, 0.717) is 25.4 Å². The predicted molar refractivity (Wildman–Crippen MR) is 92.4 cm³/mol. The number of likely N-dealkylation sites (N-methyl/N-ethyl adjacent to an activating group) is 1. The lowest BCUT2D eigenvalue weighted by molar-refractivity contribution is -0.132. The Morgan fingerprint density at radius 1 is 1.35 bits per heavy atom. The van der Waals surface area contributed by atoms with Crippen molar-refractivity contribution in [3.8, 4) is 0 Å². The summed E-state index contributed by atoms with van der Waals surface area (Å²) in [4.78, 5) is 17.9. The van der Waals surface area contributed by atoms with Gasteiger partial charge >= 0.3 is 0 Å². The van der Waals surface area contributed by atoms with E-state index in [1.54, 1.807) is 4.90 Å². The molecular weight excluding hydrogens is 292 g/mol. The lowest BCUT2D eigenvalue weighted by atomic mass is 9.85. The number of amides is 1. The fourth-order valence-corrected chi connectivity index (χ4v) is 3.50. The second kappa shape index (κ2) is 9.11. The minimum atomic E-state index is -0.346. The molecule has 3 N–H and O–H groups in total. The van der Waals surface area contributed by atoms with Crippen molar-refractivity contribution in [2.45, 2.75) is 64.0 Å². The highest BCUT2D eigenvalue weighted by Gasteiger charge is 2.24. The van der Waals surface area contributed by atoms with Gasteiger partial charge in [-0.05, 0) is 32.1 Å². The summed E-state index contributed by atoms with van der Waals surface area (Å²) in [6.07, 6.45) is 7.06. The largest absolute Gasteiger partial charge is 0.391 e. The molecule has 132 valence electrons. The van der Waals surface area contributed by atoms with Crippen LogP contribution in [-0.4, -0.2) is 60.7 Å². The fraction of sp³-hybridized carbons (Fsp3) is 0.882. The summed E-state index contributed by atoms with van der Waals surface area (Å²) in [6, 6.07) is 0.224. The molecule has 0 aromatic carbocycles. The van der Waals surface area contributed by atoms with E-state index in [9.17, 15) is 9.90 Å².